The van der Waals surface area contributed by atoms with E-state index >= 15 is 0 Å². The summed E-state index contributed by atoms with van der Waals surface area (Å²) in [6.07, 6.45) is -11.0. The van der Waals surface area contributed by atoms with E-state index in [1.165, 1.54) is 11.8 Å². The summed E-state index contributed by atoms with van der Waals surface area (Å²) in [5.74, 6) is 0. The smallest absolute Gasteiger partial charge is 0.187 e. The Kier molecular flexibility index (Phi) is 7.08. The first kappa shape index (κ1) is 20.9. The van der Waals surface area contributed by atoms with Crippen LogP contribution in [0.15, 0.2) is 35.2 Å². The fourth-order valence-corrected chi connectivity index (χ4v) is 4.04. The minimum atomic E-state index is -1.62. The van der Waals surface area contributed by atoms with E-state index < -0.39 is 61.1 Å². The number of benzene rings is 1. The highest BCUT2D eigenvalue weighted by molar-refractivity contribution is 7.99. The van der Waals surface area contributed by atoms with Crippen LogP contribution in [0.1, 0.15) is 0 Å². The highest BCUT2D eigenvalue weighted by Gasteiger charge is 2.48. The normalized spacial score (nSPS) is 42.8. The molecule has 3 rings (SSSR count). The summed E-state index contributed by atoms with van der Waals surface area (Å²) in [4.78, 5) is 0.851. The Morgan fingerprint density at radius 2 is 1.67 bits per heavy atom. The molecule has 0 aromatic heterocycles. The molecule has 2 fully saturated rings. The van der Waals surface area contributed by atoms with Crippen molar-refractivity contribution in [2.24, 2.45) is 0 Å². The summed E-state index contributed by atoms with van der Waals surface area (Å²) in [5.41, 5.74) is -0.731. The van der Waals surface area contributed by atoms with Gasteiger partial charge >= 0.3 is 0 Å². The van der Waals surface area contributed by atoms with Gasteiger partial charge in [-0.25, -0.2) is 0 Å². The topological polar surface area (TPSA) is 149 Å². The van der Waals surface area contributed by atoms with Crippen molar-refractivity contribution in [3.05, 3.63) is 30.3 Å². The molecule has 10 heteroatoms. The van der Waals surface area contributed by atoms with E-state index in [2.05, 4.69) is 0 Å². The molecule has 2 aliphatic heterocycles. The number of rotatable bonds is 5. The van der Waals surface area contributed by atoms with Gasteiger partial charge in [-0.1, -0.05) is 30.0 Å². The molecule has 0 aliphatic carbocycles. The van der Waals surface area contributed by atoms with Crippen molar-refractivity contribution in [1.29, 1.82) is 0 Å². The van der Waals surface area contributed by atoms with E-state index in [-0.39, 0.29) is 6.61 Å². The Hall–Kier alpha value is -0.790. The molecule has 1 aromatic rings. The van der Waals surface area contributed by atoms with Gasteiger partial charge in [0, 0.05) is 4.90 Å². The van der Waals surface area contributed by atoms with Crippen molar-refractivity contribution in [1.82, 2.24) is 0 Å². The Bertz CT molecular complexity index is 589. The van der Waals surface area contributed by atoms with Crippen LogP contribution in [0.2, 0.25) is 0 Å². The van der Waals surface area contributed by atoms with Crippen molar-refractivity contribution in [3.8, 4) is 0 Å². The molecule has 2 saturated heterocycles. The zero-order chi connectivity index (χ0) is 19.6. The zero-order valence-electron chi connectivity index (χ0n) is 14.3. The molecular weight excluding hydrogens is 380 g/mol. The van der Waals surface area contributed by atoms with Crippen LogP contribution in [-0.2, 0) is 14.2 Å². The SMILES string of the molecule is OC[C@H]1O[C@@H](O[C@@H]2[C@@H](O)[C@H](Sc3ccccc3)OC[C@H]2O)[C@@H](O)[C@@H](O)[C@@H]1O. The predicted octanol–water partition coefficient (Wildman–Crippen LogP) is -1.96. The lowest BCUT2D eigenvalue weighted by molar-refractivity contribution is -0.332. The van der Waals surface area contributed by atoms with E-state index in [9.17, 15) is 30.6 Å². The third-order valence-corrected chi connectivity index (χ3v) is 5.75. The van der Waals surface area contributed by atoms with E-state index in [0.717, 1.165) is 4.90 Å². The molecule has 9 atom stereocenters. The maximum absolute atomic E-state index is 10.6. The van der Waals surface area contributed by atoms with Gasteiger partial charge in [-0.3, -0.25) is 0 Å². The molecule has 152 valence electrons. The number of hydrogen-bond acceptors (Lipinski definition) is 10. The van der Waals surface area contributed by atoms with Gasteiger partial charge in [-0.05, 0) is 12.1 Å². The van der Waals surface area contributed by atoms with Gasteiger partial charge in [0.25, 0.3) is 0 Å². The van der Waals surface area contributed by atoms with Crippen LogP contribution in [0.3, 0.4) is 0 Å². The minimum Gasteiger partial charge on any atom is -0.394 e. The molecule has 0 bridgehead atoms. The molecule has 2 aliphatic rings. The first-order valence-electron chi connectivity index (χ1n) is 8.57. The zero-order valence-corrected chi connectivity index (χ0v) is 15.1. The monoisotopic (exact) mass is 404 g/mol. The van der Waals surface area contributed by atoms with Gasteiger partial charge < -0.3 is 44.8 Å². The summed E-state index contributed by atoms with van der Waals surface area (Å²) >= 11 is 1.25. The molecule has 0 spiro atoms. The van der Waals surface area contributed by atoms with Gasteiger partial charge in [-0.15, -0.1) is 0 Å². The first-order valence-corrected chi connectivity index (χ1v) is 9.45. The van der Waals surface area contributed by atoms with Crippen LogP contribution in [0.4, 0.5) is 0 Å². The van der Waals surface area contributed by atoms with Crippen molar-refractivity contribution < 1.29 is 44.8 Å². The van der Waals surface area contributed by atoms with Crippen LogP contribution in [-0.4, -0.2) is 98.3 Å². The fraction of sp³-hybridized carbons (Fsp3) is 0.647. The molecule has 0 radical (unpaired) electrons. The van der Waals surface area contributed by atoms with Crippen molar-refractivity contribution in [2.75, 3.05) is 13.2 Å². The summed E-state index contributed by atoms with van der Waals surface area (Å²) in [7, 11) is 0. The molecule has 2 heterocycles. The van der Waals surface area contributed by atoms with Crippen LogP contribution in [0, 0.1) is 0 Å². The quantitative estimate of drug-likeness (QED) is 0.327. The lowest BCUT2D eigenvalue weighted by Crippen LogP contribution is -2.62. The maximum atomic E-state index is 10.6. The van der Waals surface area contributed by atoms with Crippen LogP contribution < -0.4 is 0 Å². The van der Waals surface area contributed by atoms with Gasteiger partial charge in [0.1, 0.15) is 48.2 Å². The van der Waals surface area contributed by atoms with E-state index in [1.807, 2.05) is 30.3 Å². The second-order valence-electron chi connectivity index (χ2n) is 6.49. The third-order valence-electron chi connectivity index (χ3n) is 4.56. The van der Waals surface area contributed by atoms with Gasteiger partial charge in [0.05, 0.1) is 13.2 Å². The second kappa shape index (κ2) is 9.14. The van der Waals surface area contributed by atoms with Crippen molar-refractivity contribution in [2.45, 2.75) is 59.3 Å². The summed E-state index contributed by atoms with van der Waals surface area (Å²) in [6, 6.07) is 9.23. The Morgan fingerprint density at radius 3 is 2.33 bits per heavy atom. The molecule has 1 aromatic carbocycles. The predicted molar refractivity (Wildman–Crippen MR) is 92.7 cm³/mol. The van der Waals surface area contributed by atoms with Crippen LogP contribution >= 0.6 is 11.8 Å². The Morgan fingerprint density at radius 1 is 0.963 bits per heavy atom. The maximum Gasteiger partial charge on any atom is 0.187 e. The molecular formula is C17H24O9S. The molecule has 0 unspecified atom stereocenters. The molecule has 27 heavy (non-hydrogen) atoms. The van der Waals surface area contributed by atoms with Crippen LogP contribution in [0.25, 0.3) is 0 Å². The van der Waals surface area contributed by atoms with Gasteiger partial charge in [0.2, 0.25) is 0 Å². The van der Waals surface area contributed by atoms with E-state index in [1.54, 1.807) is 0 Å². The Balaban J connectivity index is 1.68. The van der Waals surface area contributed by atoms with E-state index in [0.29, 0.717) is 0 Å². The molecule has 0 amide bonds. The summed E-state index contributed by atoms with van der Waals surface area (Å²) in [5, 5.41) is 59.8. The second-order valence-corrected chi connectivity index (χ2v) is 7.66. The largest absolute Gasteiger partial charge is 0.394 e. The lowest BCUT2D eigenvalue weighted by atomic mass is 9.99. The average molecular weight is 404 g/mol. The standard InChI is InChI=1S/C17H24O9S/c18-6-10-11(20)12(21)13(22)16(25-10)26-15-9(19)7-24-17(14(15)23)27-8-4-2-1-3-5-8/h1-5,9-23H,6-7H2/t9-,10-,11-,12+,13+,14-,15+,16+,17+/m1/s1. The molecule has 9 nitrogen and oxygen atoms in total. The molecule has 6 N–H and O–H groups in total. The number of hydrogen-bond donors (Lipinski definition) is 6. The van der Waals surface area contributed by atoms with Crippen molar-refractivity contribution in [3.63, 3.8) is 0 Å². The number of thioether (sulfide) groups is 1. The number of ether oxygens (including phenoxy) is 3. The summed E-state index contributed by atoms with van der Waals surface area (Å²) < 4.78 is 16.3. The highest BCUT2D eigenvalue weighted by Crippen LogP contribution is 2.33. The molecule has 0 saturated carbocycles. The van der Waals surface area contributed by atoms with E-state index in [4.69, 9.17) is 14.2 Å². The Labute approximate surface area is 160 Å². The third kappa shape index (κ3) is 4.62. The van der Waals surface area contributed by atoms with Crippen molar-refractivity contribution >= 4 is 11.8 Å². The number of aliphatic hydroxyl groups is 6. The summed E-state index contributed by atoms with van der Waals surface area (Å²) in [6.45, 7) is -0.709. The minimum absolute atomic E-state index is 0.107. The average Bonchev–Trinajstić information content (AvgIpc) is 2.68. The number of aliphatic hydroxyl groups excluding tert-OH is 6. The first-order chi connectivity index (χ1) is 12.9. The van der Waals surface area contributed by atoms with Crippen LogP contribution in [0.5, 0.6) is 0 Å². The van der Waals surface area contributed by atoms with Gasteiger partial charge in [-0.2, -0.15) is 0 Å². The highest BCUT2D eigenvalue weighted by atomic mass is 32.2. The fourth-order valence-electron chi connectivity index (χ4n) is 3.01. The van der Waals surface area contributed by atoms with Gasteiger partial charge in [0.15, 0.2) is 6.29 Å². The lowest BCUT2D eigenvalue weighted by Gasteiger charge is -2.44.